The number of hydrogen-bond donors (Lipinski definition) is 1. The van der Waals surface area contributed by atoms with Gasteiger partial charge in [-0.3, -0.25) is 4.79 Å². The first kappa shape index (κ1) is 14.8. The Kier molecular flexibility index (Phi) is 3.50. The Bertz CT molecular complexity index is 769. The Balaban J connectivity index is 1.70. The Morgan fingerprint density at radius 3 is 3.00 bits per heavy atom. The summed E-state index contributed by atoms with van der Waals surface area (Å²) in [7, 11) is 0. The third-order valence-corrected chi connectivity index (χ3v) is 6.04. The zero-order valence-electron chi connectivity index (χ0n) is 13.5. The molecular formula is C18H21N3OS. The number of aromatic nitrogens is 1. The third-order valence-electron chi connectivity index (χ3n) is 5.02. The minimum Gasteiger partial charge on any atom is -0.332 e. The normalized spacial score (nSPS) is 25.5. The molecule has 1 amide bonds. The van der Waals surface area contributed by atoms with Crippen LogP contribution in [0.1, 0.15) is 27.5 Å². The van der Waals surface area contributed by atoms with Crippen LogP contribution in [-0.2, 0) is 0 Å². The van der Waals surface area contributed by atoms with Gasteiger partial charge in [0.25, 0.3) is 5.91 Å². The van der Waals surface area contributed by atoms with E-state index in [2.05, 4.69) is 30.1 Å². The minimum absolute atomic E-state index is 0.0495. The lowest BCUT2D eigenvalue weighted by molar-refractivity contribution is 0.0708. The van der Waals surface area contributed by atoms with E-state index in [1.54, 1.807) is 11.3 Å². The SMILES string of the molecule is Cc1cccc(-c2sc(C)nc2C(=O)N2C[C@@H]3C[C@@H]3[C@H]2CN)c1. The number of benzene rings is 1. The Labute approximate surface area is 140 Å². The van der Waals surface area contributed by atoms with E-state index >= 15 is 0 Å². The molecule has 1 aliphatic heterocycles. The van der Waals surface area contributed by atoms with Gasteiger partial charge in [0, 0.05) is 19.1 Å². The van der Waals surface area contributed by atoms with Crippen molar-refractivity contribution < 1.29 is 4.79 Å². The first-order valence-electron chi connectivity index (χ1n) is 8.14. The second-order valence-corrected chi connectivity index (χ2v) is 7.90. The molecule has 2 heterocycles. The number of fused-ring (bicyclic) bond motifs is 1. The third kappa shape index (κ3) is 2.48. The molecule has 2 fully saturated rings. The van der Waals surface area contributed by atoms with Gasteiger partial charge in [0.2, 0.25) is 0 Å². The van der Waals surface area contributed by atoms with Crippen LogP contribution in [-0.4, -0.2) is 34.9 Å². The van der Waals surface area contributed by atoms with E-state index < -0.39 is 0 Å². The molecule has 0 unspecified atom stereocenters. The molecule has 1 aromatic heterocycles. The zero-order chi connectivity index (χ0) is 16.1. The molecule has 4 rings (SSSR count). The Morgan fingerprint density at radius 1 is 1.43 bits per heavy atom. The van der Waals surface area contributed by atoms with Crippen LogP contribution < -0.4 is 5.73 Å². The number of amides is 1. The minimum atomic E-state index is 0.0495. The van der Waals surface area contributed by atoms with Crippen LogP contribution >= 0.6 is 11.3 Å². The molecule has 1 saturated carbocycles. The topological polar surface area (TPSA) is 59.2 Å². The maximum absolute atomic E-state index is 13.1. The summed E-state index contributed by atoms with van der Waals surface area (Å²) in [6, 6.07) is 8.46. The highest BCUT2D eigenvalue weighted by Crippen LogP contribution is 2.49. The number of carbonyl (C=O) groups excluding carboxylic acids is 1. The van der Waals surface area contributed by atoms with Crippen LogP contribution in [0.15, 0.2) is 24.3 Å². The molecule has 23 heavy (non-hydrogen) atoms. The number of likely N-dealkylation sites (tertiary alicyclic amines) is 1. The molecule has 3 atom stereocenters. The molecule has 0 bridgehead atoms. The van der Waals surface area contributed by atoms with Crippen molar-refractivity contribution >= 4 is 17.2 Å². The molecular weight excluding hydrogens is 306 g/mol. The maximum atomic E-state index is 13.1. The monoisotopic (exact) mass is 327 g/mol. The predicted octanol–water partition coefficient (Wildman–Crippen LogP) is 2.85. The van der Waals surface area contributed by atoms with E-state index in [9.17, 15) is 4.79 Å². The van der Waals surface area contributed by atoms with Crippen LogP contribution in [0, 0.1) is 25.7 Å². The van der Waals surface area contributed by atoms with Crippen molar-refractivity contribution in [2.24, 2.45) is 17.6 Å². The average molecular weight is 327 g/mol. The predicted molar refractivity (Wildman–Crippen MR) is 92.5 cm³/mol. The molecule has 2 N–H and O–H groups in total. The average Bonchev–Trinajstić information content (AvgIpc) is 3.03. The highest BCUT2D eigenvalue weighted by atomic mass is 32.1. The van der Waals surface area contributed by atoms with Gasteiger partial charge in [-0.1, -0.05) is 29.8 Å². The summed E-state index contributed by atoms with van der Waals surface area (Å²) in [6.07, 6.45) is 1.23. The van der Waals surface area contributed by atoms with E-state index in [1.807, 2.05) is 17.9 Å². The smallest absolute Gasteiger partial charge is 0.274 e. The lowest BCUT2D eigenvalue weighted by Gasteiger charge is -2.26. The Hall–Kier alpha value is -1.72. The molecule has 4 nitrogen and oxygen atoms in total. The van der Waals surface area contributed by atoms with Crippen molar-refractivity contribution in [3.8, 4) is 10.4 Å². The maximum Gasteiger partial charge on any atom is 0.274 e. The molecule has 2 aliphatic rings. The summed E-state index contributed by atoms with van der Waals surface area (Å²) < 4.78 is 0. The van der Waals surface area contributed by atoms with E-state index in [1.165, 1.54) is 12.0 Å². The van der Waals surface area contributed by atoms with Crippen LogP contribution in [0.25, 0.3) is 10.4 Å². The number of nitrogens with two attached hydrogens (primary N) is 1. The van der Waals surface area contributed by atoms with Crippen LogP contribution in [0.5, 0.6) is 0 Å². The van der Waals surface area contributed by atoms with Gasteiger partial charge in [0.05, 0.1) is 9.88 Å². The molecule has 120 valence electrons. The number of carbonyl (C=O) groups is 1. The zero-order valence-corrected chi connectivity index (χ0v) is 14.3. The van der Waals surface area contributed by atoms with Gasteiger partial charge < -0.3 is 10.6 Å². The molecule has 0 spiro atoms. The van der Waals surface area contributed by atoms with Gasteiger partial charge in [-0.25, -0.2) is 4.98 Å². The van der Waals surface area contributed by atoms with Crippen LogP contribution in [0.4, 0.5) is 0 Å². The first-order valence-corrected chi connectivity index (χ1v) is 8.95. The molecule has 1 aromatic carbocycles. The first-order chi connectivity index (χ1) is 11.1. The van der Waals surface area contributed by atoms with Gasteiger partial charge in [-0.05, 0) is 37.7 Å². The molecule has 1 saturated heterocycles. The van der Waals surface area contributed by atoms with Gasteiger partial charge in [-0.15, -0.1) is 11.3 Å². The molecule has 5 heteroatoms. The number of nitrogens with zero attached hydrogens (tertiary/aromatic N) is 2. The van der Waals surface area contributed by atoms with Gasteiger partial charge >= 0.3 is 0 Å². The summed E-state index contributed by atoms with van der Waals surface area (Å²) in [5, 5.41) is 0.929. The van der Waals surface area contributed by atoms with Gasteiger partial charge in [0.1, 0.15) is 5.69 Å². The van der Waals surface area contributed by atoms with E-state index in [-0.39, 0.29) is 11.9 Å². The highest BCUT2D eigenvalue weighted by molar-refractivity contribution is 7.15. The van der Waals surface area contributed by atoms with E-state index in [0.717, 1.165) is 22.0 Å². The van der Waals surface area contributed by atoms with E-state index in [4.69, 9.17) is 5.73 Å². The van der Waals surface area contributed by atoms with Gasteiger partial charge in [0.15, 0.2) is 0 Å². The van der Waals surface area contributed by atoms with Crippen molar-refractivity contribution in [1.82, 2.24) is 9.88 Å². The lowest BCUT2D eigenvalue weighted by atomic mass is 10.1. The Morgan fingerprint density at radius 2 is 2.26 bits per heavy atom. The fourth-order valence-electron chi connectivity index (χ4n) is 3.80. The fourth-order valence-corrected chi connectivity index (χ4v) is 4.70. The summed E-state index contributed by atoms with van der Waals surface area (Å²) in [4.78, 5) is 20.6. The fraction of sp³-hybridized carbons (Fsp3) is 0.444. The van der Waals surface area contributed by atoms with Crippen molar-refractivity contribution in [2.45, 2.75) is 26.3 Å². The van der Waals surface area contributed by atoms with Crippen molar-refractivity contribution in [1.29, 1.82) is 0 Å². The number of aryl methyl sites for hydroxylation is 2. The second-order valence-electron chi connectivity index (χ2n) is 6.70. The van der Waals surface area contributed by atoms with Crippen LogP contribution in [0.2, 0.25) is 0 Å². The molecule has 2 aromatic rings. The summed E-state index contributed by atoms with van der Waals surface area (Å²) in [5.41, 5.74) is 8.78. The largest absolute Gasteiger partial charge is 0.332 e. The summed E-state index contributed by atoms with van der Waals surface area (Å²) >= 11 is 1.59. The number of thiazole rings is 1. The lowest BCUT2D eigenvalue weighted by Crippen LogP contribution is -2.43. The molecule has 1 aliphatic carbocycles. The van der Waals surface area contributed by atoms with Crippen molar-refractivity contribution in [3.05, 3.63) is 40.5 Å². The summed E-state index contributed by atoms with van der Waals surface area (Å²) in [6.45, 7) is 5.42. The van der Waals surface area contributed by atoms with E-state index in [0.29, 0.717) is 24.1 Å². The highest BCUT2D eigenvalue weighted by Gasteiger charge is 2.53. The second kappa shape index (κ2) is 5.42. The number of rotatable bonds is 3. The molecule has 0 radical (unpaired) electrons. The van der Waals surface area contributed by atoms with Gasteiger partial charge in [-0.2, -0.15) is 0 Å². The number of hydrogen-bond acceptors (Lipinski definition) is 4. The quantitative estimate of drug-likeness (QED) is 0.943. The standard InChI is InChI=1S/C18H21N3OS/c1-10-4-3-5-12(6-10)17-16(20-11(2)23-17)18(22)21-9-13-7-14(13)15(21)8-19/h3-6,13-15H,7-9,19H2,1-2H3/t13-,14-,15+/m0/s1. The summed E-state index contributed by atoms with van der Waals surface area (Å²) in [5.74, 6) is 1.33. The van der Waals surface area contributed by atoms with Crippen LogP contribution in [0.3, 0.4) is 0 Å². The van der Waals surface area contributed by atoms with Crippen molar-refractivity contribution in [2.75, 3.05) is 13.1 Å². The van der Waals surface area contributed by atoms with Crippen molar-refractivity contribution in [3.63, 3.8) is 0 Å². The number of piperidine rings is 1.